The number of aliphatic hydroxyl groups excluding tert-OH is 1. The molecule has 0 bridgehead atoms. The summed E-state index contributed by atoms with van der Waals surface area (Å²) in [6.45, 7) is 5.78. The van der Waals surface area contributed by atoms with Crippen LogP contribution in [-0.2, 0) is 6.54 Å². The molecule has 0 saturated carbocycles. The fourth-order valence-corrected chi connectivity index (χ4v) is 2.65. The van der Waals surface area contributed by atoms with Crippen molar-refractivity contribution in [1.29, 1.82) is 0 Å². The Morgan fingerprint density at radius 1 is 1.47 bits per heavy atom. The van der Waals surface area contributed by atoms with E-state index >= 15 is 0 Å². The van der Waals surface area contributed by atoms with Gasteiger partial charge in [-0.25, -0.2) is 0 Å². The van der Waals surface area contributed by atoms with E-state index in [1.54, 1.807) is 0 Å². The number of hydrogen-bond acceptors (Lipinski definition) is 3. The smallest absolute Gasteiger partial charge is 0.0635 e. The molecule has 1 heterocycles. The summed E-state index contributed by atoms with van der Waals surface area (Å²) in [5.41, 5.74) is 1.17. The largest absolute Gasteiger partial charge is 0.393 e. The van der Waals surface area contributed by atoms with E-state index in [2.05, 4.69) is 46.9 Å². The lowest BCUT2D eigenvalue weighted by Gasteiger charge is -2.17. The quantitative estimate of drug-likeness (QED) is 0.875. The van der Waals surface area contributed by atoms with E-state index in [1.165, 1.54) is 5.69 Å². The van der Waals surface area contributed by atoms with Crippen molar-refractivity contribution >= 4 is 15.9 Å². The van der Waals surface area contributed by atoms with Crippen LogP contribution in [-0.4, -0.2) is 46.5 Å². The molecule has 4 nitrogen and oxygen atoms in total. The average molecular weight is 304 g/mol. The highest BCUT2D eigenvalue weighted by molar-refractivity contribution is 9.10. The van der Waals surface area contributed by atoms with Crippen molar-refractivity contribution in [1.82, 2.24) is 14.7 Å². The van der Waals surface area contributed by atoms with E-state index in [4.69, 9.17) is 0 Å². The molecule has 1 aromatic heterocycles. The molecule has 1 N–H and O–H groups in total. The van der Waals surface area contributed by atoms with Crippen LogP contribution in [0.1, 0.15) is 31.9 Å². The fourth-order valence-electron chi connectivity index (χ4n) is 1.96. The molecule has 17 heavy (non-hydrogen) atoms. The van der Waals surface area contributed by atoms with Crippen molar-refractivity contribution in [3.05, 3.63) is 16.4 Å². The molecule has 1 aromatic rings. The van der Waals surface area contributed by atoms with E-state index in [-0.39, 0.29) is 6.10 Å². The van der Waals surface area contributed by atoms with Crippen LogP contribution in [0.4, 0.5) is 0 Å². The second-order valence-electron chi connectivity index (χ2n) is 4.89. The predicted octanol–water partition coefficient (Wildman–Crippen LogP) is 2.08. The normalized spacial score (nSPS) is 15.2. The lowest BCUT2D eigenvalue weighted by atomic mass is 10.0. The van der Waals surface area contributed by atoms with Crippen LogP contribution in [0.25, 0.3) is 0 Å². The molecule has 2 unspecified atom stereocenters. The Bertz CT molecular complexity index is 350. The van der Waals surface area contributed by atoms with Crippen LogP contribution < -0.4 is 0 Å². The molecular weight excluding hydrogens is 282 g/mol. The third-order valence-electron chi connectivity index (χ3n) is 2.75. The third kappa shape index (κ3) is 4.41. The zero-order valence-electron chi connectivity index (χ0n) is 11.0. The fraction of sp³-hybridized carbons (Fsp3) is 0.750. The van der Waals surface area contributed by atoms with Crippen molar-refractivity contribution in [2.24, 2.45) is 0 Å². The Hall–Kier alpha value is -0.390. The summed E-state index contributed by atoms with van der Waals surface area (Å²) < 4.78 is 3.06. The van der Waals surface area contributed by atoms with Gasteiger partial charge in [0, 0.05) is 12.5 Å². The zero-order chi connectivity index (χ0) is 13.0. The topological polar surface area (TPSA) is 41.3 Å². The lowest BCUT2D eigenvalue weighted by Crippen LogP contribution is -2.21. The van der Waals surface area contributed by atoms with Crippen molar-refractivity contribution < 1.29 is 5.11 Å². The summed E-state index contributed by atoms with van der Waals surface area (Å²) >= 11 is 3.54. The van der Waals surface area contributed by atoms with Gasteiger partial charge in [0.2, 0.25) is 0 Å². The van der Waals surface area contributed by atoms with Crippen LogP contribution in [0.5, 0.6) is 0 Å². The van der Waals surface area contributed by atoms with Crippen LogP contribution in [0.15, 0.2) is 10.7 Å². The molecular formula is C12H22BrN3O. The van der Waals surface area contributed by atoms with Gasteiger partial charge in [0.15, 0.2) is 0 Å². The molecule has 5 heteroatoms. The minimum Gasteiger partial charge on any atom is -0.393 e. The zero-order valence-corrected chi connectivity index (χ0v) is 12.6. The Morgan fingerprint density at radius 3 is 2.65 bits per heavy atom. The van der Waals surface area contributed by atoms with Crippen LogP contribution in [0, 0.1) is 0 Å². The lowest BCUT2D eigenvalue weighted by molar-refractivity contribution is 0.175. The molecule has 0 radical (unpaired) electrons. The standard InChI is InChI=1S/C12H22BrN3O/c1-9(7-10(2)17)12-11(13)8-14-16(12)6-5-15(3)4/h8-10,17H,5-7H2,1-4H3. The van der Waals surface area contributed by atoms with Gasteiger partial charge in [-0.3, -0.25) is 4.68 Å². The summed E-state index contributed by atoms with van der Waals surface area (Å²) in [5.74, 6) is 0.300. The maximum atomic E-state index is 9.47. The van der Waals surface area contributed by atoms with E-state index in [1.807, 2.05) is 17.8 Å². The molecule has 0 aromatic carbocycles. The van der Waals surface area contributed by atoms with E-state index in [0.29, 0.717) is 5.92 Å². The van der Waals surface area contributed by atoms with Gasteiger partial charge in [0.1, 0.15) is 0 Å². The SMILES string of the molecule is CC(O)CC(C)c1c(Br)cnn1CCN(C)C. The van der Waals surface area contributed by atoms with Crippen LogP contribution in [0.3, 0.4) is 0 Å². The predicted molar refractivity (Wildman–Crippen MR) is 73.2 cm³/mol. The van der Waals surface area contributed by atoms with Gasteiger partial charge in [0.05, 0.1) is 29.0 Å². The molecule has 1 rings (SSSR count). The van der Waals surface area contributed by atoms with E-state index in [9.17, 15) is 5.11 Å². The van der Waals surface area contributed by atoms with Gasteiger partial charge < -0.3 is 10.0 Å². The molecule has 98 valence electrons. The van der Waals surface area contributed by atoms with Crippen molar-refractivity contribution in [3.8, 4) is 0 Å². The van der Waals surface area contributed by atoms with Crippen molar-refractivity contribution in [3.63, 3.8) is 0 Å². The van der Waals surface area contributed by atoms with Crippen LogP contribution >= 0.6 is 15.9 Å². The number of aromatic nitrogens is 2. The minimum atomic E-state index is -0.283. The monoisotopic (exact) mass is 303 g/mol. The number of halogens is 1. The Balaban J connectivity index is 2.78. The summed E-state index contributed by atoms with van der Waals surface area (Å²) in [5, 5.41) is 13.8. The third-order valence-corrected chi connectivity index (χ3v) is 3.36. The number of likely N-dealkylation sites (N-methyl/N-ethyl adjacent to an activating group) is 1. The Labute approximate surface area is 112 Å². The molecule has 0 aliphatic heterocycles. The number of hydrogen-bond donors (Lipinski definition) is 1. The summed E-state index contributed by atoms with van der Waals surface area (Å²) in [6, 6.07) is 0. The molecule has 0 spiro atoms. The summed E-state index contributed by atoms with van der Waals surface area (Å²) in [4.78, 5) is 2.14. The van der Waals surface area contributed by atoms with E-state index < -0.39 is 0 Å². The highest BCUT2D eigenvalue weighted by atomic mass is 79.9. The van der Waals surface area contributed by atoms with Gasteiger partial charge >= 0.3 is 0 Å². The maximum absolute atomic E-state index is 9.47. The molecule has 0 saturated heterocycles. The van der Waals surface area contributed by atoms with Gasteiger partial charge in [-0.1, -0.05) is 6.92 Å². The number of aliphatic hydroxyl groups is 1. The first-order valence-corrected chi connectivity index (χ1v) is 6.75. The first-order chi connectivity index (χ1) is 7.91. The second-order valence-corrected chi connectivity index (χ2v) is 5.74. The Kier molecular flexibility index (Phi) is 5.62. The van der Waals surface area contributed by atoms with Gasteiger partial charge in [-0.2, -0.15) is 5.10 Å². The Morgan fingerprint density at radius 2 is 2.12 bits per heavy atom. The van der Waals surface area contributed by atoms with Crippen LogP contribution in [0.2, 0.25) is 0 Å². The van der Waals surface area contributed by atoms with Gasteiger partial charge in [0.25, 0.3) is 0 Å². The van der Waals surface area contributed by atoms with Crippen molar-refractivity contribution in [2.75, 3.05) is 20.6 Å². The minimum absolute atomic E-state index is 0.283. The molecule has 2 atom stereocenters. The van der Waals surface area contributed by atoms with Gasteiger partial charge in [-0.15, -0.1) is 0 Å². The molecule has 0 aliphatic rings. The van der Waals surface area contributed by atoms with E-state index in [0.717, 1.165) is 24.0 Å². The second kappa shape index (κ2) is 6.52. The summed E-state index contributed by atoms with van der Waals surface area (Å²) in [7, 11) is 4.11. The number of rotatable bonds is 6. The molecule has 0 amide bonds. The first-order valence-electron chi connectivity index (χ1n) is 5.95. The highest BCUT2D eigenvalue weighted by Crippen LogP contribution is 2.27. The van der Waals surface area contributed by atoms with Crippen molar-refractivity contribution in [2.45, 2.75) is 38.8 Å². The molecule has 0 fully saturated rings. The average Bonchev–Trinajstić information content (AvgIpc) is 2.55. The molecule has 0 aliphatic carbocycles. The first kappa shape index (κ1) is 14.7. The number of nitrogens with zero attached hydrogens (tertiary/aromatic N) is 3. The maximum Gasteiger partial charge on any atom is 0.0635 e. The highest BCUT2D eigenvalue weighted by Gasteiger charge is 2.17. The van der Waals surface area contributed by atoms with Gasteiger partial charge in [-0.05, 0) is 43.4 Å². The summed E-state index contributed by atoms with van der Waals surface area (Å²) in [6.07, 6.45) is 2.31.